The van der Waals surface area contributed by atoms with Crippen molar-refractivity contribution in [1.82, 2.24) is 4.72 Å². The second-order valence-electron chi connectivity index (χ2n) is 4.71. The summed E-state index contributed by atoms with van der Waals surface area (Å²) >= 11 is 1.57. The Morgan fingerprint density at radius 2 is 2.05 bits per heavy atom. The van der Waals surface area contributed by atoms with E-state index >= 15 is 0 Å². The standard InChI is InChI=1S/C12H15F2NO3S2/c1-19-12(4-5-12)7-15-20(17,18)10-3-2-9(13)8(6-16)11(10)14/h2-3,15-16H,4-7H2,1H3. The number of hydrogen-bond acceptors (Lipinski definition) is 4. The highest BCUT2D eigenvalue weighted by molar-refractivity contribution is 8.00. The highest BCUT2D eigenvalue weighted by atomic mass is 32.2. The van der Waals surface area contributed by atoms with Gasteiger partial charge >= 0.3 is 0 Å². The molecule has 2 N–H and O–H groups in total. The number of aliphatic hydroxyl groups is 1. The van der Waals surface area contributed by atoms with Crippen LogP contribution in [-0.4, -0.2) is 31.1 Å². The molecule has 0 atom stereocenters. The fourth-order valence-electron chi connectivity index (χ4n) is 1.83. The molecule has 2 rings (SSSR count). The number of halogens is 2. The van der Waals surface area contributed by atoms with Gasteiger partial charge in [-0.25, -0.2) is 21.9 Å². The summed E-state index contributed by atoms with van der Waals surface area (Å²) in [7, 11) is -4.06. The lowest BCUT2D eigenvalue weighted by Crippen LogP contribution is -2.32. The molecule has 20 heavy (non-hydrogen) atoms. The number of benzene rings is 1. The first kappa shape index (κ1) is 15.7. The molecule has 1 aromatic carbocycles. The van der Waals surface area contributed by atoms with Crippen molar-refractivity contribution >= 4 is 21.8 Å². The molecule has 0 unspecified atom stereocenters. The van der Waals surface area contributed by atoms with Crippen LogP contribution in [0.4, 0.5) is 8.78 Å². The molecule has 1 aliphatic rings. The largest absolute Gasteiger partial charge is 0.391 e. The van der Waals surface area contributed by atoms with Gasteiger partial charge in [0.2, 0.25) is 10.0 Å². The van der Waals surface area contributed by atoms with Gasteiger partial charge in [0.1, 0.15) is 10.7 Å². The molecule has 0 saturated heterocycles. The summed E-state index contributed by atoms with van der Waals surface area (Å²) in [5.74, 6) is -2.21. The number of nitrogens with one attached hydrogen (secondary N) is 1. The quantitative estimate of drug-likeness (QED) is 0.835. The van der Waals surface area contributed by atoms with E-state index in [1.54, 1.807) is 11.8 Å². The Labute approximate surface area is 120 Å². The zero-order valence-electron chi connectivity index (χ0n) is 10.8. The molecule has 1 aliphatic carbocycles. The van der Waals surface area contributed by atoms with E-state index in [2.05, 4.69) is 4.72 Å². The van der Waals surface area contributed by atoms with Gasteiger partial charge in [-0.2, -0.15) is 11.8 Å². The maximum Gasteiger partial charge on any atom is 0.243 e. The summed E-state index contributed by atoms with van der Waals surface area (Å²) in [5.41, 5.74) is -0.640. The highest BCUT2D eigenvalue weighted by Gasteiger charge is 2.42. The molecule has 0 aliphatic heterocycles. The summed E-state index contributed by atoms with van der Waals surface area (Å²) in [4.78, 5) is -0.639. The third kappa shape index (κ3) is 2.98. The maximum absolute atomic E-state index is 13.9. The SMILES string of the molecule is CSC1(CNS(=O)(=O)c2ccc(F)c(CO)c2F)CC1. The average molecular weight is 323 g/mol. The zero-order valence-corrected chi connectivity index (χ0v) is 12.5. The number of sulfonamides is 1. The number of hydrogen-bond donors (Lipinski definition) is 2. The second-order valence-corrected chi connectivity index (χ2v) is 7.72. The van der Waals surface area contributed by atoms with Gasteiger partial charge in [-0.3, -0.25) is 0 Å². The van der Waals surface area contributed by atoms with Gasteiger partial charge in [-0.15, -0.1) is 0 Å². The summed E-state index contributed by atoms with van der Waals surface area (Å²) < 4.78 is 53.5. The van der Waals surface area contributed by atoms with Gasteiger partial charge in [0.15, 0.2) is 5.82 Å². The third-order valence-corrected chi connectivity index (χ3v) is 6.26. The topological polar surface area (TPSA) is 66.4 Å². The van der Waals surface area contributed by atoms with Crippen molar-refractivity contribution in [2.24, 2.45) is 0 Å². The van der Waals surface area contributed by atoms with Gasteiger partial charge in [0, 0.05) is 11.3 Å². The van der Waals surface area contributed by atoms with Crippen molar-refractivity contribution in [3.05, 3.63) is 29.3 Å². The highest BCUT2D eigenvalue weighted by Crippen LogP contribution is 2.46. The van der Waals surface area contributed by atoms with Crippen LogP contribution < -0.4 is 4.72 Å². The van der Waals surface area contributed by atoms with Crippen LogP contribution in [0.1, 0.15) is 18.4 Å². The van der Waals surface area contributed by atoms with Crippen molar-refractivity contribution in [2.75, 3.05) is 12.8 Å². The van der Waals surface area contributed by atoms with E-state index in [-0.39, 0.29) is 11.3 Å². The number of thioether (sulfide) groups is 1. The molecule has 4 nitrogen and oxygen atoms in total. The number of aliphatic hydroxyl groups excluding tert-OH is 1. The van der Waals surface area contributed by atoms with Crippen LogP contribution in [-0.2, 0) is 16.6 Å². The van der Waals surface area contributed by atoms with Crippen LogP contribution in [0.3, 0.4) is 0 Å². The second kappa shape index (κ2) is 5.59. The van der Waals surface area contributed by atoms with E-state index in [0.717, 1.165) is 25.0 Å². The first-order chi connectivity index (χ1) is 9.35. The van der Waals surface area contributed by atoms with Crippen molar-refractivity contribution < 1.29 is 22.3 Å². The Morgan fingerprint density at radius 1 is 1.40 bits per heavy atom. The van der Waals surface area contributed by atoms with Crippen LogP contribution in [0, 0.1) is 11.6 Å². The molecular weight excluding hydrogens is 308 g/mol. The molecule has 1 fully saturated rings. The van der Waals surface area contributed by atoms with Gasteiger partial charge in [-0.05, 0) is 31.2 Å². The zero-order chi connectivity index (χ0) is 15.0. The van der Waals surface area contributed by atoms with Crippen LogP contribution in [0.15, 0.2) is 17.0 Å². The monoisotopic (exact) mass is 323 g/mol. The first-order valence-electron chi connectivity index (χ1n) is 5.98. The normalized spacial score (nSPS) is 17.2. The Kier molecular flexibility index (Phi) is 4.38. The third-order valence-electron chi connectivity index (χ3n) is 3.42. The Bertz CT molecular complexity index is 615. The maximum atomic E-state index is 13.9. The Morgan fingerprint density at radius 3 is 2.55 bits per heavy atom. The predicted molar refractivity (Wildman–Crippen MR) is 72.9 cm³/mol. The Balaban J connectivity index is 2.26. The van der Waals surface area contributed by atoms with E-state index < -0.39 is 38.7 Å². The van der Waals surface area contributed by atoms with Crippen molar-refractivity contribution in [1.29, 1.82) is 0 Å². The predicted octanol–water partition coefficient (Wildman–Crippen LogP) is 1.63. The van der Waals surface area contributed by atoms with Crippen molar-refractivity contribution in [2.45, 2.75) is 29.1 Å². The molecular formula is C12H15F2NO3S2. The summed E-state index contributed by atoms with van der Waals surface area (Å²) in [6, 6.07) is 1.70. The minimum Gasteiger partial charge on any atom is -0.391 e. The molecule has 112 valence electrons. The molecule has 1 saturated carbocycles. The molecule has 0 spiro atoms. The number of rotatable bonds is 6. The minimum absolute atomic E-state index is 0.108. The van der Waals surface area contributed by atoms with E-state index in [1.165, 1.54) is 0 Å². The summed E-state index contributed by atoms with van der Waals surface area (Å²) in [5, 5.41) is 8.90. The molecule has 1 aromatic rings. The van der Waals surface area contributed by atoms with Crippen LogP contribution >= 0.6 is 11.8 Å². The lowest BCUT2D eigenvalue weighted by atomic mass is 10.2. The van der Waals surface area contributed by atoms with E-state index in [4.69, 9.17) is 5.11 Å². The first-order valence-corrected chi connectivity index (χ1v) is 8.68. The fraction of sp³-hybridized carbons (Fsp3) is 0.500. The smallest absolute Gasteiger partial charge is 0.243 e. The van der Waals surface area contributed by atoms with Crippen molar-refractivity contribution in [3.63, 3.8) is 0 Å². The molecule has 0 bridgehead atoms. The van der Waals surface area contributed by atoms with E-state index in [1.807, 2.05) is 6.26 Å². The Hall–Kier alpha value is -0.700. The van der Waals surface area contributed by atoms with Gasteiger partial charge in [-0.1, -0.05) is 0 Å². The minimum atomic E-state index is -4.06. The average Bonchev–Trinajstić information content (AvgIpc) is 3.17. The molecule has 0 radical (unpaired) electrons. The van der Waals surface area contributed by atoms with Gasteiger partial charge < -0.3 is 5.11 Å². The molecule has 0 amide bonds. The van der Waals surface area contributed by atoms with Gasteiger partial charge in [0.05, 0.1) is 12.2 Å². The lowest BCUT2D eigenvalue weighted by Gasteiger charge is -2.14. The van der Waals surface area contributed by atoms with Crippen molar-refractivity contribution in [3.8, 4) is 0 Å². The van der Waals surface area contributed by atoms with Crippen LogP contribution in [0.2, 0.25) is 0 Å². The van der Waals surface area contributed by atoms with E-state index in [0.29, 0.717) is 0 Å². The summed E-state index contributed by atoms with van der Waals surface area (Å²) in [6.07, 6.45) is 3.71. The van der Waals surface area contributed by atoms with Crippen LogP contribution in [0.25, 0.3) is 0 Å². The molecule has 0 heterocycles. The molecule has 8 heteroatoms. The van der Waals surface area contributed by atoms with E-state index in [9.17, 15) is 17.2 Å². The summed E-state index contributed by atoms with van der Waals surface area (Å²) in [6.45, 7) is -0.683. The van der Waals surface area contributed by atoms with Crippen LogP contribution in [0.5, 0.6) is 0 Å². The fourth-order valence-corrected chi connectivity index (χ4v) is 3.87. The van der Waals surface area contributed by atoms with Gasteiger partial charge in [0.25, 0.3) is 0 Å². The molecule has 0 aromatic heterocycles. The lowest BCUT2D eigenvalue weighted by molar-refractivity contribution is 0.267.